The predicted octanol–water partition coefficient (Wildman–Crippen LogP) is -0.480. The maximum atomic E-state index is 10.8. The van der Waals surface area contributed by atoms with Gasteiger partial charge in [0.15, 0.2) is 9.84 Å². The zero-order valence-electron chi connectivity index (χ0n) is 5.95. The zero-order chi connectivity index (χ0) is 8.32. The quantitative estimate of drug-likeness (QED) is 0.571. The first kappa shape index (κ1) is 8.31. The van der Waals surface area contributed by atoms with Crippen molar-refractivity contribution < 1.29 is 8.42 Å². The summed E-state index contributed by atoms with van der Waals surface area (Å²) >= 11 is 0. The first-order valence-electron chi connectivity index (χ1n) is 3.22. The fourth-order valence-electron chi connectivity index (χ4n) is 0.893. The Labute approximate surface area is 66.4 Å². The molecule has 0 saturated heterocycles. The van der Waals surface area contributed by atoms with Gasteiger partial charge in [0.05, 0.1) is 12.3 Å². The molecule has 1 rings (SSSR count). The van der Waals surface area contributed by atoms with E-state index in [-0.39, 0.29) is 11.8 Å². The summed E-state index contributed by atoms with van der Waals surface area (Å²) in [6, 6.07) is -0.101. The normalized spacial score (nSPS) is 26.6. The topological polar surface area (TPSA) is 46.2 Å². The summed E-state index contributed by atoms with van der Waals surface area (Å²) in [5.74, 6) is 2.52. The van der Waals surface area contributed by atoms with Crippen molar-refractivity contribution in [1.82, 2.24) is 5.32 Å². The Morgan fingerprint density at radius 3 is 2.91 bits per heavy atom. The number of terminal acetylenes is 1. The molecule has 0 aromatic carbocycles. The van der Waals surface area contributed by atoms with E-state index in [0.717, 1.165) is 0 Å². The minimum atomic E-state index is -2.94. The average Bonchev–Trinajstić information content (AvgIpc) is 2.26. The van der Waals surface area contributed by atoms with Crippen molar-refractivity contribution in [1.29, 1.82) is 0 Å². The van der Waals surface area contributed by atoms with Crippen molar-refractivity contribution in [2.75, 3.05) is 12.3 Å². The van der Waals surface area contributed by atoms with E-state index in [1.807, 2.05) is 0 Å². The molecule has 3 nitrogen and oxygen atoms in total. The zero-order valence-corrected chi connectivity index (χ0v) is 6.76. The second kappa shape index (κ2) is 3.07. The Morgan fingerprint density at radius 1 is 1.73 bits per heavy atom. The predicted molar refractivity (Wildman–Crippen MR) is 43.6 cm³/mol. The molecule has 0 radical (unpaired) electrons. The van der Waals surface area contributed by atoms with Crippen LogP contribution in [0.2, 0.25) is 0 Å². The first-order valence-corrected chi connectivity index (χ1v) is 4.93. The minimum Gasteiger partial charge on any atom is -0.299 e. The third-order valence-electron chi connectivity index (χ3n) is 1.40. The molecule has 0 bridgehead atoms. The van der Waals surface area contributed by atoms with E-state index < -0.39 is 9.84 Å². The Kier molecular flexibility index (Phi) is 2.32. The van der Waals surface area contributed by atoms with Gasteiger partial charge in [-0.05, 0) is 0 Å². The van der Waals surface area contributed by atoms with Gasteiger partial charge in [-0.1, -0.05) is 12.0 Å². The summed E-state index contributed by atoms with van der Waals surface area (Å²) in [5.41, 5.74) is 0. The van der Waals surface area contributed by atoms with Gasteiger partial charge in [0.1, 0.15) is 0 Å². The molecule has 0 fully saturated rings. The summed E-state index contributed by atoms with van der Waals surface area (Å²) < 4.78 is 21.7. The van der Waals surface area contributed by atoms with Crippen LogP contribution in [-0.4, -0.2) is 26.8 Å². The number of nitrogens with one attached hydrogen (secondary N) is 1. The van der Waals surface area contributed by atoms with Gasteiger partial charge in [0, 0.05) is 11.4 Å². The smallest absolute Gasteiger partial charge is 0.173 e. The number of rotatable bonds is 2. The lowest BCUT2D eigenvalue weighted by molar-refractivity contribution is 0.598. The molecule has 11 heavy (non-hydrogen) atoms. The lowest BCUT2D eigenvalue weighted by Crippen LogP contribution is -2.30. The third kappa shape index (κ3) is 2.37. The van der Waals surface area contributed by atoms with Gasteiger partial charge in [0.2, 0.25) is 0 Å². The molecule has 60 valence electrons. The number of hydrogen-bond acceptors (Lipinski definition) is 3. The molecule has 0 spiro atoms. The van der Waals surface area contributed by atoms with E-state index in [0.29, 0.717) is 6.54 Å². The SMILES string of the molecule is C#CCNC1C=CS(=O)(=O)C1. The van der Waals surface area contributed by atoms with E-state index in [9.17, 15) is 8.42 Å². The molecule has 1 atom stereocenters. The monoisotopic (exact) mass is 171 g/mol. The third-order valence-corrected chi connectivity index (χ3v) is 2.79. The number of hydrogen-bond donors (Lipinski definition) is 1. The maximum absolute atomic E-state index is 10.8. The van der Waals surface area contributed by atoms with Crippen molar-refractivity contribution in [2.24, 2.45) is 0 Å². The summed E-state index contributed by atoms with van der Waals surface area (Å²) in [6.45, 7) is 0.407. The Balaban J connectivity index is 2.46. The van der Waals surface area contributed by atoms with Gasteiger partial charge in [-0.3, -0.25) is 5.32 Å². The van der Waals surface area contributed by atoms with E-state index in [1.54, 1.807) is 6.08 Å². The van der Waals surface area contributed by atoms with Crippen LogP contribution in [-0.2, 0) is 9.84 Å². The van der Waals surface area contributed by atoms with Gasteiger partial charge in [0.25, 0.3) is 0 Å². The molecule has 0 aromatic rings. The van der Waals surface area contributed by atoms with E-state index in [1.165, 1.54) is 5.41 Å². The molecular weight excluding hydrogens is 162 g/mol. The highest BCUT2D eigenvalue weighted by Crippen LogP contribution is 2.06. The molecular formula is C7H9NO2S. The summed E-state index contributed by atoms with van der Waals surface area (Å²) in [7, 11) is -2.94. The van der Waals surface area contributed by atoms with Crippen LogP contribution in [0.15, 0.2) is 11.5 Å². The summed E-state index contributed by atoms with van der Waals surface area (Å²) in [6.07, 6.45) is 6.61. The molecule has 1 aliphatic heterocycles. The van der Waals surface area contributed by atoms with Crippen LogP contribution < -0.4 is 5.32 Å². The van der Waals surface area contributed by atoms with Crippen LogP contribution in [0.4, 0.5) is 0 Å². The van der Waals surface area contributed by atoms with E-state index in [2.05, 4.69) is 11.2 Å². The lowest BCUT2D eigenvalue weighted by atomic mass is 10.3. The van der Waals surface area contributed by atoms with Crippen molar-refractivity contribution in [3.63, 3.8) is 0 Å². The van der Waals surface area contributed by atoms with Crippen molar-refractivity contribution in [3.05, 3.63) is 11.5 Å². The van der Waals surface area contributed by atoms with Crippen LogP contribution in [0.25, 0.3) is 0 Å². The summed E-state index contributed by atoms with van der Waals surface area (Å²) in [4.78, 5) is 0. The van der Waals surface area contributed by atoms with Gasteiger partial charge < -0.3 is 0 Å². The largest absolute Gasteiger partial charge is 0.299 e. The van der Waals surface area contributed by atoms with E-state index >= 15 is 0 Å². The second-order valence-electron chi connectivity index (χ2n) is 2.35. The Hall–Kier alpha value is -0.790. The van der Waals surface area contributed by atoms with Crippen molar-refractivity contribution in [2.45, 2.75) is 6.04 Å². The standard InChI is InChI=1S/C7H9NO2S/c1-2-4-8-7-3-5-11(9,10)6-7/h1,3,5,7-8H,4,6H2. The average molecular weight is 171 g/mol. The molecule has 1 aliphatic rings. The highest BCUT2D eigenvalue weighted by molar-refractivity contribution is 7.94. The molecule has 1 unspecified atom stereocenters. The molecule has 0 amide bonds. The highest BCUT2D eigenvalue weighted by atomic mass is 32.2. The Bertz CT molecular complexity index is 297. The maximum Gasteiger partial charge on any atom is 0.173 e. The first-order chi connectivity index (χ1) is 5.14. The fraction of sp³-hybridized carbons (Fsp3) is 0.429. The van der Waals surface area contributed by atoms with Crippen LogP contribution in [0.3, 0.4) is 0 Å². The fourth-order valence-corrected chi connectivity index (χ4v) is 2.16. The van der Waals surface area contributed by atoms with Crippen LogP contribution in [0, 0.1) is 12.3 Å². The van der Waals surface area contributed by atoms with E-state index in [4.69, 9.17) is 6.42 Å². The van der Waals surface area contributed by atoms with Gasteiger partial charge >= 0.3 is 0 Å². The highest BCUT2D eigenvalue weighted by Gasteiger charge is 2.20. The van der Waals surface area contributed by atoms with Crippen LogP contribution >= 0.6 is 0 Å². The Morgan fingerprint density at radius 2 is 2.45 bits per heavy atom. The van der Waals surface area contributed by atoms with Gasteiger partial charge in [-0.15, -0.1) is 6.42 Å². The molecule has 0 aliphatic carbocycles. The number of sulfone groups is 1. The second-order valence-corrected chi connectivity index (χ2v) is 4.28. The minimum absolute atomic E-state index is 0.101. The molecule has 0 saturated carbocycles. The molecule has 1 heterocycles. The molecule has 4 heteroatoms. The van der Waals surface area contributed by atoms with Gasteiger partial charge in [-0.2, -0.15) is 0 Å². The summed E-state index contributed by atoms with van der Waals surface area (Å²) in [5, 5.41) is 4.11. The van der Waals surface area contributed by atoms with Gasteiger partial charge in [-0.25, -0.2) is 8.42 Å². The van der Waals surface area contributed by atoms with Crippen molar-refractivity contribution >= 4 is 9.84 Å². The van der Waals surface area contributed by atoms with Crippen LogP contribution in [0.1, 0.15) is 0 Å². The molecule has 1 N–H and O–H groups in total. The van der Waals surface area contributed by atoms with Crippen LogP contribution in [0.5, 0.6) is 0 Å². The van der Waals surface area contributed by atoms with Crippen molar-refractivity contribution in [3.8, 4) is 12.3 Å². The lowest BCUT2D eigenvalue weighted by Gasteiger charge is -2.04. The molecule has 0 aromatic heterocycles.